The maximum Gasteiger partial charge on any atom is 0.0781 e. The summed E-state index contributed by atoms with van der Waals surface area (Å²) >= 11 is 1.52. The van der Waals surface area contributed by atoms with Crippen LogP contribution >= 0.6 is 11.3 Å². The standard InChI is InChI=1S/C6H7NOS/c1-2-5-3-9-4-6(5)7-8/h2-4,7-8H,1H2. The average Bonchev–Trinajstić information content (AvgIpc) is 2.33. The fourth-order valence-electron chi connectivity index (χ4n) is 0.556. The smallest absolute Gasteiger partial charge is 0.0781 e. The van der Waals surface area contributed by atoms with Crippen LogP contribution < -0.4 is 5.48 Å². The maximum absolute atomic E-state index is 8.45. The molecule has 48 valence electrons. The van der Waals surface area contributed by atoms with E-state index in [1.165, 1.54) is 11.3 Å². The van der Waals surface area contributed by atoms with Gasteiger partial charge < -0.3 is 0 Å². The first-order chi connectivity index (χ1) is 4.38. The number of hydrogen-bond acceptors (Lipinski definition) is 3. The second-order valence-electron chi connectivity index (χ2n) is 1.56. The van der Waals surface area contributed by atoms with Gasteiger partial charge in [0.15, 0.2) is 0 Å². The molecule has 1 rings (SSSR count). The molecule has 1 heterocycles. The number of thiophene rings is 1. The normalized spacial score (nSPS) is 9.00. The average molecular weight is 141 g/mol. The summed E-state index contributed by atoms with van der Waals surface area (Å²) in [5, 5.41) is 12.2. The van der Waals surface area contributed by atoms with Crippen LogP contribution in [-0.2, 0) is 0 Å². The van der Waals surface area contributed by atoms with Crippen LogP contribution in [0.15, 0.2) is 17.3 Å². The molecule has 0 saturated heterocycles. The van der Waals surface area contributed by atoms with Crippen LogP contribution in [-0.4, -0.2) is 5.21 Å². The lowest BCUT2D eigenvalue weighted by molar-refractivity contribution is 0.389. The predicted octanol–water partition coefficient (Wildman–Crippen LogP) is 2.19. The molecule has 0 spiro atoms. The van der Waals surface area contributed by atoms with E-state index in [4.69, 9.17) is 5.21 Å². The molecular formula is C6H7NOS. The molecule has 0 aromatic carbocycles. The minimum atomic E-state index is 0.718. The van der Waals surface area contributed by atoms with Crippen molar-refractivity contribution >= 4 is 23.1 Å². The van der Waals surface area contributed by atoms with E-state index in [0.29, 0.717) is 0 Å². The first-order valence-electron chi connectivity index (χ1n) is 2.47. The third-order valence-electron chi connectivity index (χ3n) is 1.03. The Morgan fingerprint density at radius 2 is 2.44 bits per heavy atom. The molecule has 0 fully saturated rings. The Hall–Kier alpha value is -0.800. The summed E-state index contributed by atoms with van der Waals surface area (Å²) in [5.74, 6) is 0. The summed E-state index contributed by atoms with van der Waals surface area (Å²) in [6.07, 6.45) is 1.69. The van der Waals surface area contributed by atoms with E-state index in [0.717, 1.165) is 11.3 Å². The number of nitrogens with one attached hydrogen (secondary N) is 1. The van der Waals surface area contributed by atoms with Crippen molar-refractivity contribution in [1.29, 1.82) is 0 Å². The van der Waals surface area contributed by atoms with Crippen molar-refractivity contribution in [3.05, 3.63) is 22.9 Å². The van der Waals surface area contributed by atoms with Crippen LogP contribution in [0.1, 0.15) is 5.56 Å². The van der Waals surface area contributed by atoms with Crippen molar-refractivity contribution in [2.24, 2.45) is 0 Å². The lowest BCUT2D eigenvalue weighted by atomic mass is 10.3. The van der Waals surface area contributed by atoms with Gasteiger partial charge in [0.1, 0.15) is 0 Å². The Kier molecular flexibility index (Phi) is 1.87. The molecule has 0 radical (unpaired) electrons. The summed E-state index contributed by atoms with van der Waals surface area (Å²) in [5.41, 5.74) is 3.72. The van der Waals surface area contributed by atoms with Gasteiger partial charge in [-0.25, -0.2) is 0 Å². The van der Waals surface area contributed by atoms with Crippen LogP contribution in [0.4, 0.5) is 5.69 Å². The van der Waals surface area contributed by atoms with E-state index in [1.807, 2.05) is 10.8 Å². The quantitative estimate of drug-likeness (QED) is 0.619. The second kappa shape index (κ2) is 2.66. The highest BCUT2D eigenvalue weighted by atomic mass is 32.1. The van der Waals surface area contributed by atoms with Gasteiger partial charge in [0, 0.05) is 16.3 Å². The van der Waals surface area contributed by atoms with Crippen molar-refractivity contribution in [2.45, 2.75) is 0 Å². The van der Waals surface area contributed by atoms with Crippen LogP contribution in [0.25, 0.3) is 6.08 Å². The Labute approximate surface area is 57.4 Å². The van der Waals surface area contributed by atoms with Crippen molar-refractivity contribution < 1.29 is 5.21 Å². The lowest BCUT2D eigenvalue weighted by Gasteiger charge is -1.92. The van der Waals surface area contributed by atoms with E-state index in [9.17, 15) is 0 Å². The monoisotopic (exact) mass is 141 g/mol. The van der Waals surface area contributed by atoms with Gasteiger partial charge in [-0.05, 0) is 0 Å². The van der Waals surface area contributed by atoms with Gasteiger partial charge in [0.05, 0.1) is 5.69 Å². The molecule has 0 aliphatic carbocycles. The van der Waals surface area contributed by atoms with Gasteiger partial charge in [-0.2, -0.15) is 0 Å². The molecule has 2 N–H and O–H groups in total. The van der Waals surface area contributed by atoms with Crippen LogP contribution in [0, 0.1) is 0 Å². The van der Waals surface area contributed by atoms with Crippen molar-refractivity contribution in [3.8, 4) is 0 Å². The van der Waals surface area contributed by atoms with Gasteiger partial charge in [0.25, 0.3) is 0 Å². The Morgan fingerprint density at radius 3 is 2.89 bits per heavy atom. The van der Waals surface area contributed by atoms with Crippen LogP contribution in [0.3, 0.4) is 0 Å². The lowest BCUT2D eigenvalue weighted by Crippen LogP contribution is -1.86. The zero-order chi connectivity index (χ0) is 6.69. The first-order valence-corrected chi connectivity index (χ1v) is 3.41. The fourth-order valence-corrected chi connectivity index (χ4v) is 1.32. The van der Waals surface area contributed by atoms with Crippen LogP contribution in [0.5, 0.6) is 0 Å². The summed E-state index contributed by atoms with van der Waals surface area (Å²) in [7, 11) is 0. The van der Waals surface area contributed by atoms with E-state index in [2.05, 4.69) is 12.1 Å². The molecule has 0 amide bonds. The van der Waals surface area contributed by atoms with E-state index in [1.54, 1.807) is 6.08 Å². The second-order valence-corrected chi connectivity index (χ2v) is 2.30. The van der Waals surface area contributed by atoms with Crippen molar-refractivity contribution in [3.63, 3.8) is 0 Å². The molecule has 0 unspecified atom stereocenters. The van der Waals surface area contributed by atoms with E-state index < -0.39 is 0 Å². The Balaban J connectivity index is 2.98. The number of hydrogen-bond donors (Lipinski definition) is 2. The zero-order valence-corrected chi connectivity index (χ0v) is 5.61. The molecule has 0 saturated carbocycles. The molecule has 0 aliphatic heterocycles. The summed E-state index contributed by atoms with van der Waals surface area (Å²) in [6.45, 7) is 3.57. The first kappa shape index (κ1) is 6.32. The Morgan fingerprint density at radius 1 is 1.67 bits per heavy atom. The third-order valence-corrected chi connectivity index (χ3v) is 1.79. The third kappa shape index (κ3) is 1.12. The van der Waals surface area contributed by atoms with E-state index in [-0.39, 0.29) is 0 Å². The molecular weight excluding hydrogens is 134 g/mol. The van der Waals surface area contributed by atoms with Gasteiger partial charge in [-0.3, -0.25) is 10.7 Å². The molecule has 0 aliphatic rings. The molecule has 1 aromatic heterocycles. The minimum absolute atomic E-state index is 0.718. The SMILES string of the molecule is C=Cc1cscc1NO. The number of anilines is 1. The van der Waals surface area contributed by atoms with E-state index >= 15 is 0 Å². The van der Waals surface area contributed by atoms with Crippen molar-refractivity contribution in [2.75, 3.05) is 5.48 Å². The maximum atomic E-state index is 8.45. The van der Waals surface area contributed by atoms with Gasteiger partial charge in [0.2, 0.25) is 0 Å². The summed E-state index contributed by atoms with van der Waals surface area (Å²) in [6, 6.07) is 0. The van der Waals surface area contributed by atoms with Crippen LogP contribution in [0.2, 0.25) is 0 Å². The van der Waals surface area contributed by atoms with Gasteiger partial charge in [-0.1, -0.05) is 12.7 Å². The summed E-state index contributed by atoms with van der Waals surface area (Å²) < 4.78 is 0. The molecule has 1 aromatic rings. The highest BCUT2D eigenvalue weighted by Gasteiger charge is 1.95. The highest BCUT2D eigenvalue weighted by Crippen LogP contribution is 2.20. The molecule has 0 bridgehead atoms. The van der Waals surface area contributed by atoms with Gasteiger partial charge in [-0.15, -0.1) is 11.3 Å². The summed E-state index contributed by atoms with van der Waals surface area (Å²) in [4.78, 5) is 0. The minimum Gasteiger partial charge on any atom is -0.291 e. The number of rotatable bonds is 2. The predicted molar refractivity (Wildman–Crippen MR) is 39.8 cm³/mol. The largest absolute Gasteiger partial charge is 0.291 e. The molecule has 3 heteroatoms. The highest BCUT2D eigenvalue weighted by molar-refractivity contribution is 7.08. The Bertz CT molecular complexity index is 207. The molecule has 2 nitrogen and oxygen atoms in total. The molecule has 9 heavy (non-hydrogen) atoms. The topological polar surface area (TPSA) is 32.3 Å². The van der Waals surface area contributed by atoms with Gasteiger partial charge >= 0.3 is 0 Å². The molecule has 0 atom stereocenters. The fraction of sp³-hybridized carbons (Fsp3) is 0. The van der Waals surface area contributed by atoms with Crippen molar-refractivity contribution in [1.82, 2.24) is 0 Å². The zero-order valence-electron chi connectivity index (χ0n) is 4.79.